The molecule has 0 bridgehead atoms. The van der Waals surface area contributed by atoms with Crippen LogP contribution in [0.4, 0.5) is 10.1 Å². The van der Waals surface area contributed by atoms with E-state index in [0.29, 0.717) is 0 Å². The Morgan fingerprint density at radius 2 is 1.96 bits per heavy atom. The van der Waals surface area contributed by atoms with Gasteiger partial charge in [0, 0.05) is 12.0 Å². The van der Waals surface area contributed by atoms with Gasteiger partial charge in [-0.25, -0.2) is 9.18 Å². The molecule has 136 valence electrons. The monoisotopic (exact) mass is 350 g/mol. The Balaban J connectivity index is 2.82. The molecule has 0 aliphatic carbocycles. The minimum absolute atomic E-state index is 0.0221. The third-order valence-corrected chi connectivity index (χ3v) is 3.31. The second kappa shape index (κ2) is 9.56. The Bertz CT molecular complexity index is 671. The van der Waals surface area contributed by atoms with E-state index in [0.717, 1.165) is 6.07 Å². The maximum Gasteiger partial charge on any atom is 0.326 e. The lowest BCUT2D eigenvalue weighted by atomic mass is 10.1. The molecule has 1 aromatic rings. The summed E-state index contributed by atoms with van der Waals surface area (Å²) in [5.74, 6) is -2.81. The van der Waals surface area contributed by atoms with Crippen LogP contribution in [-0.2, 0) is 9.59 Å². The molecule has 0 saturated heterocycles. The van der Waals surface area contributed by atoms with Crippen molar-refractivity contribution in [2.45, 2.75) is 39.7 Å². The first-order chi connectivity index (χ1) is 11.7. The number of carbonyl (C=O) groups is 3. The van der Waals surface area contributed by atoms with Crippen molar-refractivity contribution in [3.8, 4) is 0 Å². The van der Waals surface area contributed by atoms with Gasteiger partial charge in [0.25, 0.3) is 5.91 Å². The molecule has 1 aromatic carbocycles. The van der Waals surface area contributed by atoms with Crippen molar-refractivity contribution in [3.63, 3.8) is 0 Å². The Hall–Kier alpha value is -2.70. The van der Waals surface area contributed by atoms with Crippen molar-refractivity contribution in [2.24, 2.45) is 5.92 Å². The smallest absolute Gasteiger partial charge is 0.326 e. The summed E-state index contributed by atoms with van der Waals surface area (Å²) in [6.07, 6.45) is 3.68. The molecule has 1 unspecified atom stereocenters. The molecule has 7 heteroatoms. The average Bonchev–Trinajstić information content (AvgIpc) is 2.52. The van der Waals surface area contributed by atoms with Crippen LogP contribution in [0.25, 0.3) is 0 Å². The van der Waals surface area contributed by atoms with Gasteiger partial charge in [0.1, 0.15) is 11.9 Å². The Morgan fingerprint density at radius 1 is 1.28 bits per heavy atom. The minimum Gasteiger partial charge on any atom is -0.480 e. The fourth-order valence-electron chi connectivity index (χ4n) is 2.06. The highest BCUT2D eigenvalue weighted by Crippen LogP contribution is 2.17. The molecule has 0 saturated carbocycles. The maximum absolute atomic E-state index is 14.1. The van der Waals surface area contributed by atoms with E-state index in [2.05, 4.69) is 10.6 Å². The predicted octanol–water partition coefficient (Wildman–Crippen LogP) is 2.96. The number of anilines is 1. The van der Waals surface area contributed by atoms with Crippen molar-refractivity contribution in [3.05, 3.63) is 41.7 Å². The summed E-state index contributed by atoms with van der Waals surface area (Å²) < 4.78 is 14.1. The number of allylic oxidation sites excluding steroid dienone is 1. The van der Waals surface area contributed by atoms with Gasteiger partial charge in [-0.2, -0.15) is 0 Å². The highest BCUT2D eigenvalue weighted by Gasteiger charge is 2.20. The Kier molecular flexibility index (Phi) is 7.78. The molecule has 0 radical (unpaired) electrons. The lowest BCUT2D eigenvalue weighted by molar-refractivity contribution is -0.139. The number of rotatable bonds is 8. The number of benzene rings is 1. The topological polar surface area (TPSA) is 95.5 Å². The number of carboxylic acid groups (broad SMARTS) is 1. The molecule has 2 amide bonds. The highest BCUT2D eigenvalue weighted by molar-refractivity contribution is 5.97. The molecule has 25 heavy (non-hydrogen) atoms. The van der Waals surface area contributed by atoms with Gasteiger partial charge in [-0.15, -0.1) is 0 Å². The van der Waals surface area contributed by atoms with E-state index in [1.165, 1.54) is 12.1 Å². The standard InChI is InChI=1S/C18H23FN2O4/c1-4-5-6-15(18(24)25)21-17(23)12-7-8-14(13(19)10-12)20-16(22)9-11(2)3/h4-5,7-8,10-11,15H,6,9H2,1-3H3,(H,20,22)(H,21,23)(H,24,25)/b5-4+. The lowest BCUT2D eigenvalue weighted by Crippen LogP contribution is -2.40. The fraction of sp³-hybridized carbons (Fsp3) is 0.389. The minimum atomic E-state index is -1.18. The molecule has 3 N–H and O–H groups in total. The van der Waals surface area contributed by atoms with E-state index in [4.69, 9.17) is 5.11 Å². The maximum atomic E-state index is 14.1. The fourth-order valence-corrected chi connectivity index (χ4v) is 2.06. The van der Waals surface area contributed by atoms with Crippen molar-refractivity contribution < 1.29 is 23.9 Å². The number of halogens is 1. The molecule has 1 atom stereocenters. The molecule has 0 spiro atoms. The summed E-state index contributed by atoms with van der Waals surface area (Å²) in [4.78, 5) is 34.9. The predicted molar refractivity (Wildman–Crippen MR) is 92.8 cm³/mol. The van der Waals surface area contributed by atoms with E-state index in [9.17, 15) is 18.8 Å². The number of hydrogen-bond donors (Lipinski definition) is 3. The molecular weight excluding hydrogens is 327 g/mol. The summed E-state index contributed by atoms with van der Waals surface area (Å²) in [5, 5.41) is 13.9. The number of nitrogens with one attached hydrogen (secondary N) is 2. The molecule has 6 nitrogen and oxygen atoms in total. The van der Waals surface area contributed by atoms with Crippen LogP contribution >= 0.6 is 0 Å². The number of aliphatic carboxylic acids is 1. The normalized spacial score (nSPS) is 12.2. The number of carbonyl (C=O) groups excluding carboxylic acids is 2. The van der Waals surface area contributed by atoms with Crippen LogP contribution in [0.2, 0.25) is 0 Å². The third-order valence-electron chi connectivity index (χ3n) is 3.31. The SMILES string of the molecule is C/C=C/CC(NC(=O)c1ccc(NC(=O)CC(C)C)c(F)c1)C(=O)O. The molecule has 0 aliphatic heterocycles. The van der Waals surface area contributed by atoms with Crippen LogP contribution in [0.5, 0.6) is 0 Å². The van der Waals surface area contributed by atoms with Gasteiger partial charge < -0.3 is 15.7 Å². The van der Waals surface area contributed by atoms with Gasteiger partial charge in [-0.3, -0.25) is 9.59 Å². The first-order valence-electron chi connectivity index (χ1n) is 7.98. The number of hydrogen-bond acceptors (Lipinski definition) is 3. The zero-order valence-electron chi connectivity index (χ0n) is 14.5. The lowest BCUT2D eigenvalue weighted by Gasteiger charge is -2.13. The summed E-state index contributed by atoms with van der Waals surface area (Å²) in [7, 11) is 0. The van der Waals surface area contributed by atoms with Crippen LogP contribution < -0.4 is 10.6 Å². The summed E-state index contributed by atoms with van der Waals surface area (Å²) >= 11 is 0. The molecule has 0 heterocycles. The number of amides is 2. The van der Waals surface area contributed by atoms with E-state index in [1.807, 2.05) is 13.8 Å². The van der Waals surface area contributed by atoms with Gasteiger partial charge >= 0.3 is 5.97 Å². The Morgan fingerprint density at radius 3 is 2.48 bits per heavy atom. The second-order valence-corrected chi connectivity index (χ2v) is 6.01. The molecule has 0 aromatic heterocycles. The Labute approximate surface area is 146 Å². The molecule has 0 aliphatic rings. The van der Waals surface area contributed by atoms with Crippen molar-refractivity contribution in [2.75, 3.05) is 5.32 Å². The number of carboxylic acids is 1. The van der Waals surface area contributed by atoms with Gasteiger partial charge in [0.05, 0.1) is 5.69 Å². The average molecular weight is 350 g/mol. The quantitative estimate of drug-likeness (QED) is 0.628. The zero-order chi connectivity index (χ0) is 19.0. The molecule has 1 rings (SSSR count). The van der Waals surface area contributed by atoms with Crippen LogP contribution in [0, 0.1) is 11.7 Å². The van der Waals surface area contributed by atoms with Gasteiger partial charge in [-0.05, 0) is 37.5 Å². The first kappa shape index (κ1) is 20.3. The van der Waals surface area contributed by atoms with E-state index in [-0.39, 0.29) is 35.9 Å². The van der Waals surface area contributed by atoms with E-state index >= 15 is 0 Å². The van der Waals surface area contributed by atoms with Crippen LogP contribution in [0.1, 0.15) is 44.0 Å². The molecule has 0 fully saturated rings. The van der Waals surface area contributed by atoms with Gasteiger partial charge in [0.2, 0.25) is 5.91 Å². The van der Waals surface area contributed by atoms with Gasteiger partial charge in [0.15, 0.2) is 0 Å². The summed E-state index contributed by atoms with van der Waals surface area (Å²) in [6.45, 7) is 5.48. The first-order valence-corrected chi connectivity index (χ1v) is 7.98. The highest BCUT2D eigenvalue weighted by atomic mass is 19.1. The van der Waals surface area contributed by atoms with Gasteiger partial charge in [-0.1, -0.05) is 26.0 Å². The van der Waals surface area contributed by atoms with E-state index in [1.54, 1.807) is 19.1 Å². The van der Waals surface area contributed by atoms with Crippen LogP contribution in [0.3, 0.4) is 0 Å². The van der Waals surface area contributed by atoms with E-state index < -0.39 is 23.7 Å². The summed E-state index contributed by atoms with van der Waals surface area (Å²) in [5.41, 5.74) is -0.0445. The molecular formula is C18H23FN2O4. The largest absolute Gasteiger partial charge is 0.480 e. The van der Waals surface area contributed by atoms with Crippen molar-refractivity contribution in [1.29, 1.82) is 0 Å². The third kappa shape index (κ3) is 6.74. The summed E-state index contributed by atoms with van der Waals surface area (Å²) in [6, 6.07) is 2.48. The zero-order valence-corrected chi connectivity index (χ0v) is 14.5. The van der Waals surface area contributed by atoms with Crippen molar-refractivity contribution in [1.82, 2.24) is 5.32 Å². The van der Waals surface area contributed by atoms with Crippen LogP contribution in [-0.4, -0.2) is 28.9 Å². The van der Waals surface area contributed by atoms with Crippen LogP contribution in [0.15, 0.2) is 30.4 Å². The van der Waals surface area contributed by atoms with Crippen molar-refractivity contribution >= 4 is 23.5 Å². The second-order valence-electron chi connectivity index (χ2n) is 6.01.